The number of rotatable bonds is 5. The number of benzene rings is 1. The molecule has 0 amide bonds. The molecule has 1 atom stereocenters. The number of hydrogen-bond acceptors (Lipinski definition) is 3. The Morgan fingerprint density at radius 2 is 2.18 bits per heavy atom. The zero-order valence-corrected chi connectivity index (χ0v) is 11.0. The molecule has 2 aromatic rings. The van der Waals surface area contributed by atoms with Crippen molar-refractivity contribution in [3.8, 4) is 5.75 Å². The quantitative estimate of drug-likeness (QED) is 0.875. The Kier molecular flexibility index (Phi) is 4.18. The Morgan fingerprint density at radius 1 is 1.29 bits per heavy atom. The van der Waals surface area contributed by atoms with E-state index in [9.17, 15) is 0 Å². The van der Waals surface area contributed by atoms with Gasteiger partial charge >= 0.3 is 0 Å². The van der Waals surface area contributed by atoms with Gasteiger partial charge < -0.3 is 10.1 Å². The minimum Gasteiger partial charge on any atom is -0.497 e. The number of nitrogens with one attached hydrogen (secondary N) is 1. The van der Waals surface area contributed by atoms with Crippen LogP contribution in [-0.2, 0) is 6.42 Å². The van der Waals surface area contributed by atoms with Gasteiger partial charge in [-0.1, -0.05) is 18.2 Å². The standard InChI is InChI=1S/C14H17NOS/c1-15-14(10-13-7-4-8-17-13)11-5-3-6-12(9-11)16-2/h3-9,14-15H,10H2,1-2H3. The van der Waals surface area contributed by atoms with Crippen molar-refractivity contribution in [3.63, 3.8) is 0 Å². The highest BCUT2D eigenvalue weighted by atomic mass is 32.1. The lowest BCUT2D eigenvalue weighted by Gasteiger charge is -2.16. The van der Waals surface area contributed by atoms with Gasteiger partial charge in [0.25, 0.3) is 0 Å². The first-order valence-corrected chi connectivity index (χ1v) is 6.55. The van der Waals surface area contributed by atoms with Crippen LogP contribution in [0.15, 0.2) is 41.8 Å². The van der Waals surface area contributed by atoms with E-state index >= 15 is 0 Å². The van der Waals surface area contributed by atoms with Crippen LogP contribution >= 0.6 is 11.3 Å². The third-order valence-electron chi connectivity index (χ3n) is 2.83. The van der Waals surface area contributed by atoms with Gasteiger partial charge in [0, 0.05) is 17.3 Å². The first kappa shape index (κ1) is 12.1. The molecular weight excluding hydrogens is 230 g/mol. The smallest absolute Gasteiger partial charge is 0.119 e. The summed E-state index contributed by atoms with van der Waals surface area (Å²) < 4.78 is 5.26. The maximum absolute atomic E-state index is 5.26. The molecule has 3 heteroatoms. The fourth-order valence-electron chi connectivity index (χ4n) is 1.87. The van der Waals surface area contributed by atoms with E-state index in [1.54, 1.807) is 18.4 Å². The lowest BCUT2D eigenvalue weighted by molar-refractivity contribution is 0.413. The summed E-state index contributed by atoms with van der Waals surface area (Å²) in [4.78, 5) is 1.40. The minimum absolute atomic E-state index is 0.337. The van der Waals surface area contributed by atoms with Crippen LogP contribution in [0.5, 0.6) is 5.75 Å². The highest BCUT2D eigenvalue weighted by molar-refractivity contribution is 7.09. The van der Waals surface area contributed by atoms with Gasteiger partial charge in [0.05, 0.1) is 7.11 Å². The van der Waals surface area contributed by atoms with E-state index in [1.807, 2.05) is 19.2 Å². The van der Waals surface area contributed by atoms with Gasteiger partial charge in [-0.05, 0) is 36.2 Å². The number of ether oxygens (including phenoxy) is 1. The van der Waals surface area contributed by atoms with E-state index in [4.69, 9.17) is 4.74 Å². The van der Waals surface area contributed by atoms with Gasteiger partial charge in [-0.15, -0.1) is 11.3 Å². The topological polar surface area (TPSA) is 21.3 Å². The summed E-state index contributed by atoms with van der Waals surface area (Å²) in [5, 5.41) is 5.48. The Labute approximate surface area is 106 Å². The van der Waals surface area contributed by atoms with E-state index in [-0.39, 0.29) is 0 Å². The maximum atomic E-state index is 5.26. The number of thiophene rings is 1. The number of likely N-dealkylation sites (N-methyl/N-ethyl adjacent to an activating group) is 1. The van der Waals surface area contributed by atoms with E-state index in [1.165, 1.54) is 10.4 Å². The minimum atomic E-state index is 0.337. The van der Waals surface area contributed by atoms with Crippen molar-refractivity contribution in [3.05, 3.63) is 52.2 Å². The van der Waals surface area contributed by atoms with Gasteiger partial charge in [-0.2, -0.15) is 0 Å². The van der Waals surface area contributed by atoms with Crippen LogP contribution in [0.4, 0.5) is 0 Å². The van der Waals surface area contributed by atoms with E-state index in [0.717, 1.165) is 12.2 Å². The summed E-state index contributed by atoms with van der Waals surface area (Å²) in [5.74, 6) is 0.911. The molecule has 1 aromatic carbocycles. The third kappa shape index (κ3) is 3.08. The Morgan fingerprint density at radius 3 is 2.82 bits per heavy atom. The molecule has 0 saturated carbocycles. The first-order valence-electron chi connectivity index (χ1n) is 5.67. The molecule has 0 aliphatic rings. The summed E-state index contributed by atoms with van der Waals surface area (Å²) >= 11 is 1.80. The molecule has 0 spiro atoms. The number of methoxy groups -OCH3 is 1. The Bertz CT molecular complexity index is 453. The second kappa shape index (κ2) is 5.84. The summed E-state index contributed by atoms with van der Waals surface area (Å²) in [6, 6.07) is 12.8. The maximum Gasteiger partial charge on any atom is 0.119 e. The molecule has 0 aliphatic carbocycles. The predicted octanol–water partition coefficient (Wildman–Crippen LogP) is 3.26. The molecule has 0 saturated heterocycles. The Hall–Kier alpha value is -1.32. The number of hydrogen-bond donors (Lipinski definition) is 1. The lowest BCUT2D eigenvalue weighted by Crippen LogP contribution is -2.18. The summed E-state index contributed by atoms with van der Waals surface area (Å²) in [5.41, 5.74) is 1.26. The molecular formula is C14H17NOS. The fourth-order valence-corrected chi connectivity index (χ4v) is 2.63. The van der Waals surface area contributed by atoms with Gasteiger partial charge in [0.15, 0.2) is 0 Å². The lowest BCUT2D eigenvalue weighted by atomic mass is 10.0. The molecule has 17 heavy (non-hydrogen) atoms. The molecule has 0 aliphatic heterocycles. The fraction of sp³-hybridized carbons (Fsp3) is 0.286. The first-order chi connectivity index (χ1) is 8.33. The second-order valence-corrected chi connectivity index (χ2v) is 4.93. The van der Waals surface area contributed by atoms with Gasteiger partial charge in [0.2, 0.25) is 0 Å². The van der Waals surface area contributed by atoms with Crippen LogP contribution in [0.2, 0.25) is 0 Å². The average Bonchev–Trinajstić information content (AvgIpc) is 2.89. The van der Waals surface area contributed by atoms with Gasteiger partial charge in [0.1, 0.15) is 5.75 Å². The highest BCUT2D eigenvalue weighted by Crippen LogP contribution is 2.23. The van der Waals surface area contributed by atoms with Crippen LogP contribution < -0.4 is 10.1 Å². The molecule has 2 nitrogen and oxygen atoms in total. The monoisotopic (exact) mass is 247 g/mol. The zero-order valence-electron chi connectivity index (χ0n) is 10.1. The molecule has 0 fully saturated rings. The molecule has 1 unspecified atom stereocenters. The van der Waals surface area contributed by atoms with Gasteiger partial charge in [-0.25, -0.2) is 0 Å². The van der Waals surface area contributed by atoms with Crippen molar-refractivity contribution in [1.29, 1.82) is 0 Å². The van der Waals surface area contributed by atoms with Gasteiger partial charge in [-0.3, -0.25) is 0 Å². The van der Waals surface area contributed by atoms with E-state index in [2.05, 4.69) is 35.0 Å². The molecule has 1 heterocycles. The molecule has 0 radical (unpaired) electrons. The van der Waals surface area contributed by atoms with Crippen molar-refractivity contribution in [2.75, 3.05) is 14.2 Å². The summed E-state index contributed by atoms with van der Waals surface area (Å²) in [6.45, 7) is 0. The van der Waals surface area contributed by atoms with Crippen molar-refractivity contribution < 1.29 is 4.74 Å². The molecule has 1 aromatic heterocycles. The largest absolute Gasteiger partial charge is 0.497 e. The zero-order chi connectivity index (χ0) is 12.1. The SMILES string of the molecule is CNC(Cc1cccs1)c1cccc(OC)c1. The molecule has 0 bridgehead atoms. The average molecular weight is 247 g/mol. The van der Waals surface area contributed by atoms with Crippen molar-refractivity contribution in [1.82, 2.24) is 5.32 Å². The van der Waals surface area contributed by atoms with Crippen molar-refractivity contribution in [2.24, 2.45) is 0 Å². The predicted molar refractivity (Wildman–Crippen MR) is 72.8 cm³/mol. The summed E-state index contributed by atoms with van der Waals surface area (Å²) in [7, 11) is 3.70. The van der Waals surface area contributed by atoms with Crippen LogP contribution in [0, 0.1) is 0 Å². The molecule has 90 valence electrons. The molecule has 1 N–H and O–H groups in total. The van der Waals surface area contributed by atoms with E-state index in [0.29, 0.717) is 6.04 Å². The third-order valence-corrected chi connectivity index (χ3v) is 3.73. The van der Waals surface area contributed by atoms with E-state index < -0.39 is 0 Å². The van der Waals surface area contributed by atoms with Crippen LogP contribution in [0.25, 0.3) is 0 Å². The Balaban J connectivity index is 2.16. The van der Waals surface area contributed by atoms with Crippen molar-refractivity contribution >= 4 is 11.3 Å². The molecule has 2 rings (SSSR count). The normalized spacial score (nSPS) is 12.4. The van der Waals surface area contributed by atoms with Crippen LogP contribution in [0.3, 0.4) is 0 Å². The van der Waals surface area contributed by atoms with Crippen molar-refractivity contribution in [2.45, 2.75) is 12.5 Å². The summed E-state index contributed by atoms with van der Waals surface area (Å²) in [6.07, 6.45) is 1.02. The van der Waals surface area contributed by atoms with Crippen LogP contribution in [0.1, 0.15) is 16.5 Å². The van der Waals surface area contributed by atoms with Crippen LogP contribution in [-0.4, -0.2) is 14.2 Å². The second-order valence-electron chi connectivity index (χ2n) is 3.90. The highest BCUT2D eigenvalue weighted by Gasteiger charge is 2.11.